The maximum atomic E-state index is 12.0. The highest BCUT2D eigenvalue weighted by Gasteiger charge is 2.42. The Balaban J connectivity index is 2.03. The van der Waals surface area contributed by atoms with Gasteiger partial charge in [-0.15, -0.1) is 0 Å². The molecule has 4 heteroatoms. The molecule has 1 aromatic carbocycles. The van der Waals surface area contributed by atoms with Crippen LogP contribution in [0.5, 0.6) is 0 Å². The molecule has 0 bridgehead atoms. The van der Waals surface area contributed by atoms with Crippen molar-refractivity contribution >= 4 is 23.2 Å². The maximum Gasteiger partial charge on any atom is 0.251 e. The predicted octanol–water partition coefficient (Wildman–Crippen LogP) is 1.17. The van der Waals surface area contributed by atoms with Crippen LogP contribution in [0.2, 0.25) is 0 Å². The van der Waals surface area contributed by atoms with Gasteiger partial charge < -0.3 is 4.90 Å². The minimum atomic E-state index is -0.0765. The van der Waals surface area contributed by atoms with Crippen LogP contribution in [0.3, 0.4) is 0 Å². The third-order valence-corrected chi connectivity index (χ3v) is 3.91. The Bertz CT molecular complexity index is 443. The first kappa shape index (κ1) is 9.78. The quantitative estimate of drug-likeness (QED) is 0.627. The molecule has 82 valence electrons. The molecular formula is C12H12N2OS. The van der Waals surface area contributed by atoms with E-state index in [0.29, 0.717) is 5.11 Å². The van der Waals surface area contributed by atoms with Gasteiger partial charge in [-0.3, -0.25) is 9.69 Å². The molecule has 0 unspecified atom stereocenters. The smallest absolute Gasteiger partial charge is 0.251 e. The Morgan fingerprint density at radius 1 is 1.31 bits per heavy atom. The van der Waals surface area contributed by atoms with Crippen LogP contribution in [-0.4, -0.2) is 33.9 Å². The summed E-state index contributed by atoms with van der Waals surface area (Å²) in [6.45, 7) is 0.760. The monoisotopic (exact) mass is 232 g/mol. The summed E-state index contributed by atoms with van der Waals surface area (Å²) >= 11 is 5.28. The molecule has 2 aliphatic rings. The summed E-state index contributed by atoms with van der Waals surface area (Å²) in [6, 6.07) is 8.19. The number of fused-ring (bicyclic) bond motifs is 2. The van der Waals surface area contributed by atoms with Crippen molar-refractivity contribution in [3.63, 3.8) is 0 Å². The Labute approximate surface area is 99.6 Å². The molecule has 0 saturated carbocycles. The van der Waals surface area contributed by atoms with E-state index in [0.717, 1.165) is 13.0 Å². The number of thiocarbonyl (C=S) groups is 1. The lowest BCUT2D eigenvalue weighted by Crippen LogP contribution is -2.39. The van der Waals surface area contributed by atoms with E-state index < -0.39 is 0 Å². The van der Waals surface area contributed by atoms with Gasteiger partial charge >= 0.3 is 0 Å². The summed E-state index contributed by atoms with van der Waals surface area (Å²) in [5.41, 5.74) is 2.56. The number of carbonyl (C=O) groups is 1. The van der Waals surface area contributed by atoms with Crippen LogP contribution in [0.25, 0.3) is 0 Å². The van der Waals surface area contributed by atoms with Crippen molar-refractivity contribution < 1.29 is 4.79 Å². The lowest BCUT2D eigenvalue weighted by atomic mass is 9.95. The molecule has 1 aromatic rings. The second-order valence-corrected chi connectivity index (χ2v) is 4.66. The van der Waals surface area contributed by atoms with Gasteiger partial charge in [0.25, 0.3) is 5.91 Å². The highest BCUT2D eigenvalue weighted by Crippen LogP contribution is 2.29. The van der Waals surface area contributed by atoms with Gasteiger partial charge in [0.05, 0.1) is 0 Å². The van der Waals surface area contributed by atoms with Crippen LogP contribution in [0.4, 0.5) is 0 Å². The van der Waals surface area contributed by atoms with Gasteiger partial charge in [0.2, 0.25) is 0 Å². The van der Waals surface area contributed by atoms with Crippen molar-refractivity contribution in [1.29, 1.82) is 0 Å². The van der Waals surface area contributed by atoms with E-state index in [1.165, 1.54) is 11.1 Å². The molecule has 3 rings (SSSR count). The number of hydrogen-bond acceptors (Lipinski definition) is 2. The number of nitrogens with zero attached hydrogens (tertiary/aromatic N) is 2. The van der Waals surface area contributed by atoms with E-state index in [9.17, 15) is 4.79 Å². The first-order chi connectivity index (χ1) is 7.68. The zero-order valence-electron chi connectivity index (χ0n) is 9.01. The van der Waals surface area contributed by atoms with Crippen LogP contribution in [0, 0.1) is 0 Å². The second kappa shape index (κ2) is 3.28. The summed E-state index contributed by atoms with van der Waals surface area (Å²) in [6.07, 6.45) is 0.777. The molecule has 0 spiro atoms. The number of carbonyl (C=O) groups excluding carboxylic acids is 1. The van der Waals surface area contributed by atoms with Crippen molar-refractivity contribution in [1.82, 2.24) is 9.80 Å². The van der Waals surface area contributed by atoms with E-state index in [-0.39, 0.29) is 11.9 Å². The molecule has 0 radical (unpaired) electrons. The standard InChI is InChI=1S/C12H12N2OS/c1-13-11(15)10-6-8-4-2-3-5-9(8)7-14(10)12(13)16/h2-5,10H,6-7H2,1H3/t10-/m1/s1. The van der Waals surface area contributed by atoms with E-state index >= 15 is 0 Å². The fourth-order valence-corrected chi connectivity index (χ4v) is 2.74. The fourth-order valence-electron chi connectivity index (χ4n) is 2.46. The summed E-state index contributed by atoms with van der Waals surface area (Å²) < 4.78 is 0. The van der Waals surface area contributed by atoms with Crippen LogP contribution in [0.15, 0.2) is 24.3 Å². The molecule has 1 saturated heterocycles. The van der Waals surface area contributed by atoms with Crippen molar-refractivity contribution in [2.75, 3.05) is 7.05 Å². The van der Waals surface area contributed by atoms with Gasteiger partial charge in [0, 0.05) is 20.0 Å². The number of amides is 1. The SMILES string of the molecule is CN1C(=O)[C@H]2Cc3ccccc3CN2C1=S. The first-order valence-electron chi connectivity index (χ1n) is 5.33. The Kier molecular flexibility index (Phi) is 2.01. The fraction of sp³-hybridized carbons (Fsp3) is 0.333. The van der Waals surface area contributed by atoms with Gasteiger partial charge in [-0.2, -0.15) is 0 Å². The molecular weight excluding hydrogens is 220 g/mol. The van der Waals surface area contributed by atoms with Crippen LogP contribution < -0.4 is 0 Å². The lowest BCUT2D eigenvalue weighted by molar-refractivity contribution is -0.127. The summed E-state index contributed by atoms with van der Waals surface area (Å²) in [7, 11) is 1.76. The Morgan fingerprint density at radius 2 is 2.00 bits per heavy atom. The van der Waals surface area contributed by atoms with Crippen LogP contribution >= 0.6 is 12.2 Å². The average molecular weight is 232 g/mol. The minimum Gasteiger partial charge on any atom is -0.332 e. The number of rotatable bonds is 0. The molecule has 1 fully saturated rings. The molecule has 0 N–H and O–H groups in total. The normalized spacial score (nSPS) is 23.4. The van der Waals surface area contributed by atoms with Crippen molar-refractivity contribution in [2.24, 2.45) is 0 Å². The molecule has 16 heavy (non-hydrogen) atoms. The third kappa shape index (κ3) is 1.19. The topological polar surface area (TPSA) is 23.6 Å². The number of likely N-dealkylation sites (N-methyl/N-ethyl adjacent to an activating group) is 1. The molecule has 0 aliphatic carbocycles. The van der Waals surface area contributed by atoms with Gasteiger partial charge in [0.1, 0.15) is 6.04 Å². The average Bonchev–Trinajstić information content (AvgIpc) is 2.52. The van der Waals surface area contributed by atoms with Gasteiger partial charge in [-0.05, 0) is 23.3 Å². The van der Waals surface area contributed by atoms with Crippen molar-refractivity contribution in [3.8, 4) is 0 Å². The largest absolute Gasteiger partial charge is 0.332 e. The maximum absolute atomic E-state index is 12.0. The van der Waals surface area contributed by atoms with E-state index in [2.05, 4.69) is 12.1 Å². The Morgan fingerprint density at radius 3 is 2.75 bits per heavy atom. The van der Waals surface area contributed by atoms with Crippen LogP contribution in [-0.2, 0) is 17.8 Å². The molecule has 1 atom stereocenters. The highest BCUT2D eigenvalue weighted by molar-refractivity contribution is 7.80. The number of benzene rings is 1. The molecule has 2 heterocycles. The molecule has 2 aliphatic heterocycles. The summed E-state index contributed by atoms with van der Waals surface area (Å²) in [5.74, 6) is 0.125. The molecule has 3 nitrogen and oxygen atoms in total. The molecule has 0 aromatic heterocycles. The Hall–Kier alpha value is -1.42. The third-order valence-electron chi connectivity index (χ3n) is 3.40. The zero-order chi connectivity index (χ0) is 11.3. The van der Waals surface area contributed by atoms with E-state index in [1.807, 2.05) is 17.0 Å². The van der Waals surface area contributed by atoms with Crippen molar-refractivity contribution in [3.05, 3.63) is 35.4 Å². The van der Waals surface area contributed by atoms with Gasteiger partial charge in [-0.25, -0.2) is 0 Å². The zero-order valence-corrected chi connectivity index (χ0v) is 9.83. The summed E-state index contributed by atoms with van der Waals surface area (Å²) in [5, 5.41) is 0.657. The molecule has 1 amide bonds. The van der Waals surface area contributed by atoms with Crippen LogP contribution in [0.1, 0.15) is 11.1 Å². The number of hydrogen-bond donors (Lipinski definition) is 0. The van der Waals surface area contributed by atoms with Gasteiger partial charge in [-0.1, -0.05) is 24.3 Å². The minimum absolute atomic E-state index is 0.0765. The lowest BCUT2D eigenvalue weighted by Gasteiger charge is -2.30. The highest BCUT2D eigenvalue weighted by atomic mass is 32.1. The van der Waals surface area contributed by atoms with Crippen molar-refractivity contribution in [2.45, 2.75) is 19.0 Å². The predicted molar refractivity (Wildman–Crippen MR) is 64.8 cm³/mol. The summed E-state index contributed by atoms with van der Waals surface area (Å²) in [4.78, 5) is 15.6. The second-order valence-electron chi connectivity index (χ2n) is 4.30. The first-order valence-corrected chi connectivity index (χ1v) is 5.74. The van der Waals surface area contributed by atoms with E-state index in [4.69, 9.17) is 12.2 Å². The van der Waals surface area contributed by atoms with E-state index in [1.54, 1.807) is 11.9 Å². The van der Waals surface area contributed by atoms with Gasteiger partial charge in [0.15, 0.2) is 5.11 Å².